The number of amides is 1. The van der Waals surface area contributed by atoms with Crippen LogP contribution in [-0.2, 0) is 9.59 Å². The molecule has 1 aromatic rings. The molecule has 20 heavy (non-hydrogen) atoms. The van der Waals surface area contributed by atoms with Gasteiger partial charge in [-0.1, -0.05) is 35.0 Å². The normalized spacial score (nSPS) is 12.4. The van der Waals surface area contributed by atoms with Crippen LogP contribution in [0.2, 0.25) is 0 Å². The van der Waals surface area contributed by atoms with E-state index in [2.05, 4.69) is 15.9 Å². The first-order valence-electron chi connectivity index (χ1n) is 6.30. The summed E-state index contributed by atoms with van der Waals surface area (Å²) in [4.78, 5) is 24.2. The van der Waals surface area contributed by atoms with Crippen molar-refractivity contribution in [3.63, 3.8) is 0 Å². The fourth-order valence-electron chi connectivity index (χ4n) is 1.81. The molecular formula is C15H18BrNO3. The molecule has 0 spiro atoms. The Morgan fingerprint density at radius 2 is 2.10 bits per heavy atom. The molecule has 0 fully saturated rings. The Morgan fingerprint density at radius 1 is 1.45 bits per heavy atom. The van der Waals surface area contributed by atoms with Gasteiger partial charge in [-0.15, -0.1) is 0 Å². The average Bonchev–Trinajstić information content (AvgIpc) is 2.37. The van der Waals surface area contributed by atoms with Crippen LogP contribution in [0.15, 0.2) is 28.7 Å². The van der Waals surface area contributed by atoms with E-state index in [9.17, 15) is 9.59 Å². The number of carboxylic acids is 1. The first-order chi connectivity index (χ1) is 9.36. The topological polar surface area (TPSA) is 57.6 Å². The smallest absolute Gasteiger partial charge is 0.326 e. The lowest BCUT2D eigenvalue weighted by Crippen LogP contribution is -2.41. The minimum Gasteiger partial charge on any atom is -0.480 e. The van der Waals surface area contributed by atoms with Gasteiger partial charge in [-0.2, -0.15) is 0 Å². The van der Waals surface area contributed by atoms with Gasteiger partial charge in [0.2, 0.25) is 5.91 Å². The lowest BCUT2D eigenvalue weighted by Gasteiger charge is -2.22. The number of likely N-dealkylation sites (N-methyl/N-ethyl adjacent to an activating group) is 1. The van der Waals surface area contributed by atoms with E-state index in [4.69, 9.17) is 5.11 Å². The van der Waals surface area contributed by atoms with E-state index in [0.29, 0.717) is 6.42 Å². The van der Waals surface area contributed by atoms with Gasteiger partial charge in [-0.05, 0) is 36.6 Å². The lowest BCUT2D eigenvalue weighted by molar-refractivity contribution is -0.147. The van der Waals surface area contributed by atoms with E-state index < -0.39 is 12.0 Å². The van der Waals surface area contributed by atoms with Crippen molar-refractivity contribution in [2.24, 2.45) is 0 Å². The van der Waals surface area contributed by atoms with Crippen LogP contribution in [0.25, 0.3) is 6.08 Å². The van der Waals surface area contributed by atoms with Gasteiger partial charge in [0.05, 0.1) is 0 Å². The summed E-state index contributed by atoms with van der Waals surface area (Å²) >= 11 is 3.43. The number of carbonyl (C=O) groups excluding carboxylic acids is 1. The minimum absolute atomic E-state index is 0.327. The van der Waals surface area contributed by atoms with Gasteiger partial charge in [-0.3, -0.25) is 4.79 Å². The van der Waals surface area contributed by atoms with Gasteiger partial charge >= 0.3 is 5.97 Å². The van der Waals surface area contributed by atoms with Gasteiger partial charge in [-0.25, -0.2) is 4.79 Å². The average molecular weight is 340 g/mol. The maximum atomic E-state index is 12.0. The largest absolute Gasteiger partial charge is 0.480 e. The van der Waals surface area contributed by atoms with Crippen molar-refractivity contribution in [3.05, 3.63) is 39.9 Å². The molecule has 0 radical (unpaired) electrons. The maximum Gasteiger partial charge on any atom is 0.326 e. The highest BCUT2D eigenvalue weighted by Gasteiger charge is 2.23. The molecule has 4 nitrogen and oxygen atoms in total. The second kappa shape index (κ2) is 7.24. The van der Waals surface area contributed by atoms with Crippen LogP contribution in [0.1, 0.15) is 24.5 Å². The molecule has 1 rings (SSSR count). The number of nitrogens with zero attached hydrogens (tertiary/aromatic N) is 1. The second-order valence-electron chi connectivity index (χ2n) is 4.57. The van der Waals surface area contributed by atoms with Gasteiger partial charge in [0.25, 0.3) is 0 Å². The Bertz CT molecular complexity index is 540. The number of halogens is 1. The zero-order valence-electron chi connectivity index (χ0n) is 11.8. The van der Waals surface area contributed by atoms with Gasteiger partial charge in [0.1, 0.15) is 6.04 Å². The first-order valence-corrected chi connectivity index (χ1v) is 7.10. The van der Waals surface area contributed by atoms with Crippen molar-refractivity contribution < 1.29 is 14.7 Å². The van der Waals surface area contributed by atoms with Crippen molar-refractivity contribution in [3.8, 4) is 0 Å². The number of hydrogen-bond donors (Lipinski definition) is 1. The van der Waals surface area contributed by atoms with E-state index in [0.717, 1.165) is 15.6 Å². The monoisotopic (exact) mass is 339 g/mol. The Morgan fingerprint density at radius 3 is 2.60 bits per heavy atom. The molecule has 1 aromatic carbocycles. The highest BCUT2D eigenvalue weighted by molar-refractivity contribution is 9.10. The van der Waals surface area contributed by atoms with Crippen LogP contribution >= 0.6 is 15.9 Å². The number of carbonyl (C=O) groups is 2. The summed E-state index contributed by atoms with van der Waals surface area (Å²) in [6, 6.07) is 5.01. The predicted octanol–water partition coefficient (Wildman–Crippen LogP) is 3.09. The number of hydrogen-bond acceptors (Lipinski definition) is 2. The second-order valence-corrected chi connectivity index (χ2v) is 5.42. The molecule has 1 amide bonds. The van der Waals surface area contributed by atoms with E-state index in [1.807, 2.05) is 25.1 Å². The SMILES string of the molecule is CCC(C(=O)O)N(C)C(=O)C=Cc1ccc(C)cc1Br. The van der Waals surface area contributed by atoms with Crippen LogP contribution < -0.4 is 0 Å². The van der Waals surface area contributed by atoms with Crippen LogP contribution in [-0.4, -0.2) is 35.0 Å². The van der Waals surface area contributed by atoms with Crippen molar-refractivity contribution in [2.75, 3.05) is 7.05 Å². The molecule has 1 N–H and O–H groups in total. The van der Waals surface area contributed by atoms with Crippen LogP contribution in [0.4, 0.5) is 0 Å². The molecule has 1 atom stereocenters. The third-order valence-electron chi connectivity index (χ3n) is 3.05. The molecule has 1 unspecified atom stereocenters. The summed E-state index contributed by atoms with van der Waals surface area (Å²) < 4.78 is 0.898. The summed E-state index contributed by atoms with van der Waals surface area (Å²) in [5.74, 6) is -1.32. The van der Waals surface area contributed by atoms with Crippen LogP contribution in [0, 0.1) is 6.92 Å². The van der Waals surface area contributed by atoms with Gasteiger partial charge < -0.3 is 10.0 Å². The quantitative estimate of drug-likeness (QED) is 0.838. The highest BCUT2D eigenvalue weighted by Crippen LogP contribution is 2.19. The number of carboxylic acid groups (broad SMARTS) is 1. The van der Waals surface area contributed by atoms with E-state index >= 15 is 0 Å². The molecule has 0 heterocycles. The highest BCUT2D eigenvalue weighted by atomic mass is 79.9. The van der Waals surface area contributed by atoms with E-state index in [-0.39, 0.29) is 5.91 Å². The number of benzene rings is 1. The molecular weight excluding hydrogens is 322 g/mol. The Labute approximate surface area is 127 Å². The van der Waals surface area contributed by atoms with Crippen LogP contribution in [0.5, 0.6) is 0 Å². The fourth-order valence-corrected chi connectivity index (χ4v) is 2.44. The third-order valence-corrected chi connectivity index (χ3v) is 3.74. The van der Waals surface area contributed by atoms with Gasteiger partial charge in [0, 0.05) is 17.6 Å². The van der Waals surface area contributed by atoms with Crippen molar-refractivity contribution in [1.82, 2.24) is 4.90 Å². The summed E-state index contributed by atoms with van der Waals surface area (Å²) in [5, 5.41) is 9.03. The van der Waals surface area contributed by atoms with Crippen molar-refractivity contribution in [1.29, 1.82) is 0 Å². The molecule has 0 saturated heterocycles. The molecule has 0 aromatic heterocycles. The standard InChI is InChI=1S/C15H18BrNO3/c1-4-13(15(19)20)17(3)14(18)8-7-11-6-5-10(2)9-12(11)16/h5-9,13H,4H2,1-3H3,(H,19,20). The molecule has 0 aliphatic carbocycles. The van der Waals surface area contributed by atoms with Crippen molar-refractivity contribution >= 4 is 33.9 Å². The summed E-state index contributed by atoms with van der Waals surface area (Å²) in [5.41, 5.74) is 2.00. The number of rotatable bonds is 5. The zero-order valence-corrected chi connectivity index (χ0v) is 13.3. The number of aliphatic carboxylic acids is 1. The molecule has 5 heteroatoms. The molecule has 0 aliphatic heterocycles. The molecule has 0 bridgehead atoms. The fraction of sp³-hybridized carbons (Fsp3) is 0.333. The summed E-state index contributed by atoms with van der Waals surface area (Å²) in [6.45, 7) is 3.72. The molecule has 0 aliphatic rings. The van der Waals surface area contributed by atoms with E-state index in [1.165, 1.54) is 18.0 Å². The Hall–Kier alpha value is -1.62. The van der Waals surface area contributed by atoms with Gasteiger partial charge in [0.15, 0.2) is 0 Å². The third kappa shape index (κ3) is 4.20. The minimum atomic E-state index is -0.992. The first kappa shape index (κ1) is 16.4. The Kier molecular flexibility index (Phi) is 5.95. The lowest BCUT2D eigenvalue weighted by atomic mass is 10.1. The zero-order chi connectivity index (χ0) is 15.3. The van der Waals surface area contributed by atoms with Crippen LogP contribution in [0.3, 0.4) is 0 Å². The molecule has 108 valence electrons. The summed E-state index contributed by atoms with van der Waals surface area (Å²) in [7, 11) is 1.50. The predicted molar refractivity (Wildman–Crippen MR) is 82.4 cm³/mol. The number of aryl methyl sites for hydroxylation is 1. The summed E-state index contributed by atoms with van der Waals surface area (Å²) in [6.07, 6.45) is 3.44. The van der Waals surface area contributed by atoms with E-state index in [1.54, 1.807) is 13.0 Å². The Balaban J connectivity index is 2.84. The molecule has 0 saturated carbocycles. The maximum absolute atomic E-state index is 12.0. The van der Waals surface area contributed by atoms with Crippen molar-refractivity contribution in [2.45, 2.75) is 26.3 Å².